The van der Waals surface area contributed by atoms with Gasteiger partial charge in [-0.25, -0.2) is 0 Å². The summed E-state index contributed by atoms with van der Waals surface area (Å²) in [7, 11) is 0. The molecule has 1 aliphatic carbocycles. The van der Waals surface area contributed by atoms with E-state index in [2.05, 4.69) is 19.8 Å². The molecule has 1 rings (SSSR count). The molecule has 0 bridgehead atoms. The topological polar surface area (TPSA) is 78.9 Å². The van der Waals surface area contributed by atoms with Crippen molar-refractivity contribution in [3.63, 3.8) is 0 Å². The molecule has 0 saturated heterocycles. The van der Waals surface area contributed by atoms with Crippen LogP contribution in [0.15, 0.2) is 0 Å². The highest BCUT2D eigenvalue weighted by Crippen LogP contribution is 2.48. The normalized spacial score (nSPS) is 21.3. The van der Waals surface area contributed by atoms with E-state index in [1.807, 2.05) is 0 Å². The molecule has 4 atom stereocenters. The van der Waals surface area contributed by atoms with Gasteiger partial charge >= 0.3 is 11.9 Å². The number of ketones is 1. The van der Waals surface area contributed by atoms with Crippen LogP contribution in [0.2, 0.25) is 0 Å². The van der Waals surface area contributed by atoms with Gasteiger partial charge in [0.1, 0.15) is 17.8 Å². The van der Waals surface area contributed by atoms with Crippen LogP contribution in [0.1, 0.15) is 111 Å². The summed E-state index contributed by atoms with van der Waals surface area (Å²) in [6.45, 7) is 8.83. The molecule has 0 aromatic heterocycles. The minimum Gasteiger partial charge on any atom is -0.466 e. The Kier molecular flexibility index (Phi) is 15.6. The first-order valence-electron chi connectivity index (χ1n) is 13.8. The molecule has 35 heavy (non-hydrogen) atoms. The van der Waals surface area contributed by atoms with Crippen molar-refractivity contribution in [1.82, 2.24) is 0 Å². The largest absolute Gasteiger partial charge is 0.466 e. The average Bonchev–Trinajstić information content (AvgIpc) is 3.15. The van der Waals surface area contributed by atoms with E-state index >= 15 is 0 Å². The van der Waals surface area contributed by atoms with Crippen LogP contribution < -0.4 is 0 Å². The smallest absolute Gasteiger partial charge is 0.319 e. The highest BCUT2D eigenvalue weighted by molar-refractivity contribution is 6.05. The zero-order valence-electron chi connectivity index (χ0n) is 22.6. The first-order valence-corrected chi connectivity index (χ1v) is 13.8. The number of unbranched alkanes of at least 4 members (excludes halogenated alkanes) is 2. The summed E-state index contributed by atoms with van der Waals surface area (Å²) in [4.78, 5) is 38.1. The number of hydrogen-bond donors (Lipinski definition) is 0. The van der Waals surface area contributed by atoms with Gasteiger partial charge in [0.2, 0.25) is 0 Å². The van der Waals surface area contributed by atoms with Gasteiger partial charge in [-0.15, -0.1) is 6.42 Å². The van der Waals surface area contributed by atoms with E-state index in [1.165, 1.54) is 0 Å². The monoisotopic (exact) mass is 492 g/mol. The van der Waals surface area contributed by atoms with E-state index in [4.69, 9.17) is 20.6 Å². The van der Waals surface area contributed by atoms with Crippen molar-refractivity contribution < 1.29 is 28.6 Å². The number of Topliss-reactive ketones (excluding diaryl/α,β-unsaturated/α-hetero) is 1. The van der Waals surface area contributed by atoms with Gasteiger partial charge < -0.3 is 14.2 Å². The molecule has 0 N–H and O–H groups in total. The summed E-state index contributed by atoms with van der Waals surface area (Å²) in [6, 6.07) is 0. The lowest BCUT2D eigenvalue weighted by Gasteiger charge is -2.33. The Hall–Kier alpha value is -1.87. The number of carbonyl (C=O) groups is 3. The fourth-order valence-electron chi connectivity index (χ4n) is 5.31. The van der Waals surface area contributed by atoms with Gasteiger partial charge in [0, 0.05) is 12.8 Å². The third-order valence-corrected chi connectivity index (χ3v) is 7.34. The maximum Gasteiger partial charge on any atom is 0.319 e. The predicted molar refractivity (Wildman–Crippen MR) is 138 cm³/mol. The first kappa shape index (κ1) is 31.2. The van der Waals surface area contributed by atoms with E-state index in [0.29, 0.717) is 38.2 Å². The quantitative estimate of drug-likeness (QED) is 0.0946. The Labute approximate surface area is 213 Å². The number of ether oxygens (including phenoxy) is 3. The van der Waals surface area contributed by atoms with Gasteiger partial charge in [-0.2, -0.15) is 0 Å². The Morgan fingerprint density at radius 1 is 1.06 bits per heavy atom. The summed E-state index contributed by atoms with van der Waals surface area (Å²) in [5, 5.41) is 0. The molecule has 4 unspecified atom stereocenters. The van der Waals surface area contributed by atoms with Crippen molar-refractivity contribution in [3.8, 4) is 12.3 Å². The molecule has 1 aliphatic rings. The fraction of sp³-hybridized carbons (Fsp3) is 0.828. The van der Waals surface area contributed by atoms with Crippen LogP contribution in [-0.4, -0.2) is 43.6 Å². The lowest BCUT2D eigenvalue weighted by Crippen LogP contribution is -2.43. The standard InChI is InChI=1S/C29H48O6/c1-6-10-11-14-25(35-22-7-2)18-16-24-17-19-26(30)29(24,28(32)34-9-4)21-20-23(5)13-12-15-27(31)33-8-3/h2,23-25H,6,8-22H2,1,3-5H3. The van der Waals surface area contributed by atoms with Gasteiger partial charge in [0.05, 0.1) is 19.3 Å². The number of terminal acetylenes is 1. The molecular weight excluding hydrogens is 444 g/mol. The Morgan fingerprint density at radius 2 is 1.80 bits per heavy atom. The third-order valence-electron chi connectivity index (χ3n) is 7.34. The SMILES string of the molecule is C#CCOC(CCCCC)CCC1CCC(=O)C1(CCC(C)CCCC(=O)OCC)C(=O)OCC. The lowest BCUT2D eigenvalue weighted by molar-refractivity contribution is -0.162. The predicted octanol–water partition coefficient (Wildman–Crippen LogP) is 6.04. The Balaban J connectivity index is 2.84. The molecule has 0 aliphatic heterocycles. The van der Waals surface area contributed by atoms with E-state index in [0.717, 1.165) is 57.8 Å². The Morgan fingerprint density at radius 3 is 2.46 bits per heavy atom. The first-order chi connectivity index (χ1) is 16.8. The molecule has 6 nitrogen and oxygen atoms in total. The van der Waals surface area contributed by atoms with Crippen LogP contribution in [-0.2, 0) is 28.6 Å². The molecule has 0 radical (unpaired) electrons. The second-order valence-electron chi connectivity index (χ2n) is 9.90. The Bertz CT molecular complexity index is 681. The minimum absolute atomic E-state index is 0.0201. The molecule has 0 aromatic rings. The number of carbonyl (C=O) groups excluding carboxylic acids is 3. The number of esters is 2. The number of hydrogen-bond acceptors (Lipinski definition) is 6. The van der Waals surface area contributed by atoms with Gasteiger partial charge in [0.25, 0.3) is 0 Å². The molecule has 1 fully saturated rings. The average molecular weight is 493 g/mol. The lowest BCUT2D eigenvalue weighted by atomic mass is 9.70. The van der Waals surface area contributed by atoms with E-state index in [-0.39, 0.29) is 43.0 Å². The second-order valence-corrected chi connectivity index (χ2v) is 9.90. The zero-order chi connectivity index (χ0) is 26.1. The number of rotatable bonds is 19. The summed E-state index contributed by atoms with van der Waals surface area (Å²) in [6.07, 6.45) is 15.7. The van der Waals surface area contributed by atoms with Gasteiger partial charge in [-0.1, -0.05) is 45.5 Å². The summed E-state index contributed by atoms with van der Waals surface area (Å²) in [5.41, 5.74) is -1.06. The van der Waals surface area contributed by atoms with Crippen molar-refractivity contribution in [2.24, 2.45) is 17.3 Å². The van der Waals surface area contributed by atoms with Crippen molar-refractivity contribution in [3.05, 3.63) is 0 Å². The van der Waals surface area contributed by atoms with Crippen molar-refractivity contribution in [2.75, 3.05) is 19.8 Å². The van der Waals surface area contributed by atoms with Crippen molar-refractivity contribution in [2.45, 2.75) is 117 Å². The molecule has 0 aromatic carbocycles. The van der Waals surface area contributed by atoms with E-state index in [1.54, 1.807) is 13.8 Å². The highest BCUT2D eigenvalue weighted by Gasteiger charge is 2.55. The summed E-state index contributed by atoms with van der Waals surface area (Å²) >= 11 is 0. The second kappa shape index (κ2) is 17.5. The molecule has 0 spiro atoms. The maximum absolute atomic E-state index is 13.2. The van der Waals surface area contributed by atoms with Crippen LogP contribution in [0.25, 0.3) is 0 Å². The van der Waals surface area contributed by atoms with E-state index in [9.17, 15) is 14.4 Å². The van der Waals surface area contributed by atoms with Crippen LogP contribution in [0, 0.1) is 29.6 Å². The molecule has 0 heterocycles. The van der Waals surface area contributed by atoms with Gasteiger partial charge in [-0.05, 0) is 70.6 Å². The fourth-order valence-corrected chi connectivity index (χ4v) is 5.31. The molecule has 0 amide bonds. The van der Waals surface area contributed by atoms with Gasteiger partial charge in [-0.3, -0.25) is 14.4 Å². The minimum atomic E-state index is -1.06. The van der Waals surface area contributed by atoms with Crippen LogP contribution in [0.5, 0.6) is 0 Å². The van der Waals surface area contributed by atoms with Crippen LogP contribution >= 0.6 is 0 Å². The van der Waals surface area contributed by atoms with Crippen LogP contribution in [0.3, 0.4) is 0 Å². The molecular formula is C29H48O6. The third kappa shape index (κ3) is 10.3. The molecule has 6 heteroatoms. The van der Waals surface area contributed by atoms with Gasteiger partial charge in [0.15, 0.2) is 0 Å². The molecule has 1 saturated carbocycles. The molecule has 200 valence electrons. The van der Waals surface area contributed by atoms with E-state index < -0.39 is 5.41 Å². The van der Waals surface area contributed by atoms with Crippen molar-refractivity contribution in [1.29, 1.82) is 0 Å². The van der Waals surface area contributed by atoms with Crippen LogP contribution in [0.4, 0.5) is 0 Å². The highest BCUT2D eigenvalue weighted by atomic mass is 16.5. The summed E-state index contributed by atoms with van der Waals surface area (Å²) < 4.78 is 16.4. The summed E-state index contributed by atoms with van der Waals surface area (Å²) in [5.74, 6) is 2.30. The zero-order valence-corrected chi connectivity index (χ0v) is 22.6. The maximum atomic E-state index is 13.2. The van der Waals surface area contributed by atoms with Crippen molar-refractivity contribution >= 4 is 17.7 Å².